The summed E-state index contributed by atoms with van der Waals surface area (Å²) >= 11 is 12.0. The van der Waals surface area contributed by atoms with E-state index in [-0.39, 0.29) is 0 Å². The Kier molecular flexibility index (Phi) is 6.29. The molecule has 0 amide bonds. The zero-order valence-electron chi connectivity index (χ0n) is 13.6. The van der Waals surface area contributed by atoms with E-state index in [1.54, 1.807) is 12.3 Å². The Morgan fingerprint density at radius 2 is 1.68 bits per heavy atom. The van der Waals surface area contributed by atoms with Gasteiger partial charge in [-0.2, -0.15) is 0 Å². The van der Waals surface area contributed by atoms with Gasteiger partial charge in [-0.25, -0.2) is 0 Å². The molecule has 2 aromatic carbocycles. The van der Waals surface area contributed by atoms with Crippen LogP contribution in [-0.2, 0) is 19.7 Å². The minimum absolute atomic E-state index is 0.448. The summed E-state index contributed by atoms with van der Waals surface area (Å²) in [6, 6.07) is 17.5. The van der Waals surface area contributed by atoms with Crippen molar-refractivity contribution in [2.75, 3.05) is 0 Å². The summed E-state index contributed by atoms with van der Waals surface area (Å²) in [7, 11) is 0. The molecule has 3 nitrogen and oxygen atoms in total. The number of hydrogen-bond donors (Lipinski definition) is 1. The fraction of sp³-hybridized carbons (Fsp3) is 0.150. The number of pyridine rings is 1. The number of hydrogen-bond acceptors (Lipinski definition) is 3. The van der Waals surface area contributed by atoms with Gasteiger partial charge in [-0.15, -0.1) is 0 Å². The smallest absolute Gasteiger partial charge is 0.120 e. The van der Waals surface area contributed by atoms with Crippen LogP contribution in [0.15, 0.2) is 67.0 Å². The van der Waals surface area contributed by atoms with Crippen LogP contribution in [0.2, 0.25) is 10.0 Å². The first-order chi connectivity index (χ1) is 12.2. The van der Waals surface area contributed by atoms with Crippen molar-refractivity contribution in [2.45, 2.75) is 19.7 Å². The predicted octanol–water partition coefficient (Wildman–Crippen LogP) is 5.26. The van der Waals surface area contributed by atoms with E-state index in [9.17, 15) is 0 Å². The van der Waals surface area contributed by atoms with Gasteiger partial charge in [0.15, 0.2) is 0 Å². The molecule has 0 spiro atoms. The summed E-state index contributed by atoms with van der Waals surface area (Å²) in [5.41, 5.74) is 3.31. The molecule has 0 saturated heterocycles. The highest BCUT2D eigenvalue weighted by Crippen LogP contribution is 2.23. The molecule has 3 aromatic rings. The number of aromatic nitrogens is 1. The van der Waals surface area contributed by atoms with E-state index in [2.05, 4.69) is 22.4 Å². The van der Waals surface area contributed by atoms with Crippen molar-refractivity contribution in [3.05, 3.63) is 93.7 Å². The minimum atomic E-state index is 0.448. The van der Waals surface area contributed by atoms with E-state index >= 15 is 0 Å². The maximum absolute atomic E-state index is 6.03. The highest BCUT2D eigenvalue weighted by Gasteiger charge is 2.02. The van der Waals surface area contributed by atoms with Crippen LogP contribution in [0.4, 0.5) is 0 Å². The molecule has 0 aliphatic heterocycles. The van der Waals surface area contributed by atoms with E-state index < -0.39 is 0 Å². The third-order valence-electron chi connectivity index (χ3n) is 3.67. The van der Waals surface area contributed by atoms with Crippen molar-refractivity contribution in [1.29, 1.82) is 0 Å². The number of ether oxygens (including phenoxy) is 1. The van der Waals surface area contributed by atoms with Crippen LogP contribution in [0.3, 0.4) is 0 Å². The van der Waals surface area contributed by atoms with Crippen LogP contribution in [0, 0.1) is 0 Å². The molecular weight excluding hydrogens is 355 g/mol. The van der Waals surface area contributed by atoms with Gasteiger partial charge in [-0.1, -0.05) is 47.5 Å². The molecule has 0 aliphatic rings. The molecule has 5 heteroatoms. The van der Waals surface area contributed by atoms with Crippen LogP contribution >= 0.6 is 23.2 Å². The lowest BCUT2D eigenvalue weighted by molar-refractivity contribution is 0.306. The normalized spacial score (nSPS) is 10.6. The van der Waals surface area contributed by atoms with Crippen molar-refractivity contribution < 1.29 is 4.74 Å². The topological polar surface area (TPSA) is 34.1 Å². The second-order valence-electron chi connectivity index (χ2n) is 5.65. The van der Waals surface area contributed by atoms with Gasteiger partial charge in [-0.3, -0.25) is 4.98 Å². The Bertz CT molecular complexity index is 825. The first kappa shape index (κ1) is 17.7. The Balaban J connectivity index is 1.53. The van der Waals surface area contributed by atoms with Crippen molar-refractivity contribution in [2.24, 2.45) is 0 Å². The number of nitrogens with zero attached hydrogens (tertiary/aromatic N) is 1. The number of benzene rings is 2. The summed E-state index contributed by atoms with van der Waals surface area (Å²) in [5, 5.41) is 4.49. The van der Waals surface area contributed by atoms with Gasteiger partial charge in [0.2, 0.25) is 0 Å². The standard InChI is InChI=1S/C20H18Cl2N2O/c21-19-7-6-16(10-20(19)22)14-25-18-5-1-3-15(9-18)11-24-13-17-4-2-8-23-12-17/h1-10,12,24H,11,13-14H2. The monoisotopic (exact) mass is 372 g/mol. The first-order valence-electron chi connectivity index (χ1n) is 7.96. The molecule has 0 atom stereocenters. The van der Waals surface area contributed by atoms with E-state index in [0.29, 0.717) is 16.7 Å². The second-order valence-corrected chi connectivity index (χ2v) is 6.46. The van der Waals surface area contributed by atoms with Crippen LogP contribution < -0.4 is 10.1 Å². The zero-order valence-corrected chi connectivity index (χ0v) is 15.1. The molecule has 0 fully saturated rings. The van der Waals surface area contributed by atoms with Crippen LogP contribution in [0.5, 0.6) is 5.75 Å². The van der Waals surface area contributed by atoms with E-state index in [0.717, 1.165) is 35.5 Å². The van der Waals surface area contributed by atoms with Gasteiger partial charge in [0.25, 0.3) is 0 Å². The van der Waals surface area contributed by atoms with E-state index in [1.807, 2.05) is 42.6 Å². The largest absolute Gasteiger partial charge is 0.489 e. The number of nitrogens with one attached hydrogen (secondary N) is 1. The third kappa shape index (κ3) is 5.46. The van der Waals surface area contributed by atoms with Crippen molar-refractivity contribution in [3.8, 4) is 5.75 Å². The molecule has 1 aromatic heterocycles. The van der Waals surface area contributed by atoms with Gasteiger partial charge in [0.05, 0.1) is 10.0 Å². The highest BCUT2D eigenvalue weighted by atomic mass is 35.5. The molecule has 1 heterocycles. The molecule has 3 rings (SSSR count). The Morgan fingerprint density at radius 1 is 0.840 bits per heavy atom. The molecule has 1 N–H and O–H groups in total. The molecule has 0 aliphatic carbocycles. The van der Waals surface area contributed by atoms with Gasteiger partial charge in [-0.05, 0) is 47.0 Å². The number of halogens is 2. The van der Waals surface area contributed by atoms with E-state index in [4.69, 9.17) is 27.9 Å². The van der Waals surface area contributed by atoms with Gasteiger partial charge < -0.3 is 10.1 Å². The molecular formula is C20H18Cl2N2O. The summed E-state index contributed by atoms with van der Waals surface area (Å²) < 4.78 is 5.85. The van der Waals surface area contributed by atoms with Crippen LogP contribution in [0.1, 0.15) is 16.7 Å². The summed E-state index contributed by atoms with van der Waals surface area (Å²) in [6.45, 7) is 1.99. The van der Waals surface area contributed by atoms with Crippen molar-refractivity contribution in [3.63, 3.8) is 0 Å². The Morgan fingerprint density at radius 3 is 2.48 bits per heavy atom. The molecule has 0 radical (unpaired) electrons. The molecule has 128 valence electrons. The van der Waals surface area contributed by atoms with Crippen molar-refractivity contribution >= 4 is 23.2 Å². The lowest BCUT2D eigenvalue weighted by Crippen LogP contribution is -2.12. The van der Waals surface area contributed by atoms with Crippen LogP contribution in [0.25, 0.3) is 0 Å². The number of rotatable bonds is 7. The Labute approximate surface area is 157 Å². The van der Waals surface area contributed by atoms with E-state index in [1.165, 1.54) is 0 Å². The average molecular weight is 373 g/mol. The zero-order chi connectivity index (χ0) is 17.5. The van der Waals surface area contributed by atoms with Gasteiger partial charge >= 0.3 is 0 Å². The second kappa shape index (κ2) is 8.86. The minimum Gasteiger partial charge on any atom is -0.489 e. The van der Waals surface area contributed by atoms with Crippen LogP contribution in [-0.4, -0.2) is 4.98 Å². The predicted molar refractivity (Wildman–Crippen MR) is 102 cm³/mol. The summed E-state index contributed by atoms with van der Waals surface area (Å²) in [6.07, 6.45) is 3.64. The fourth-order valence-electron chi connectivity index (χ4n) is 2.40. The molecule has 0 unspecified atom stereocenters. The maximum Gasteiger partial charge on any atom is 0.120 e. The van der Waals surface area contributed by atoms with Gasteiger partial charge in [0.1, 0.15) is 12.4 Å². The van der Waals surface area contributed by atoms with Crippen molar-refractivity contribution in [1.82, 2.24) is 10.3 Å². The van der Waals surface area contributed by atoms with Gasteiger partial charge in [0, 0.05) is 25.5 Å². The fourth-order valence-corrected chi connectivity index (χ4v) is 2.72. The quantitative estimate of drug-likeness (QED) is 0.614. The summed E-state index contributed by atoms with van der Waals surface area (Å²) in [5.74, 6) is 0.826. The molecule has 0 bridgehead atoms. The SMILES string of the molecule is Clc1ccc(COc2cccc(CNCc3cccnc3)c2)cc1Cl. The molecule has 0 saturated carbocycles. The first-order valence-corrected chi connectivity index (χ1v) is 8.71. The lowest BCUT2D eigenvalue weighted by Gasteiger charge is -2.10. The highest BCUT2D eigenvalue weighted by molar-refractivity contribution is 6.42. The third-order valence-corrected chi connectivity index (χ3v) is 4.41. The molecule has 25 heavy (non-hydrogen) atoms. The lowest BCUT2D eigenvalue weighted by atomic mass is 10.2. The Hall–Kier alpha value is -2.07. The summed E-state index contributed by atoms with van der Waals surface area (Å²) in [4.78, 5) is 4.11. The average Bonchev–Trinajstić information content (AvgIpc) is 2.64. The maximum atomic E-state index is 6.03.